The van der Waals surface area contributed by atoms with E-state index >= 15 is 0 Å². The van der Waals surface area contributed by atoms with Gasteiger partial charge in [-0.1, -0.05) is 25.9 Å². The third-order valence-corrected chi connectivity index (χ3v) is 6.91. The third kappa shape index (κ3) is 9.61. The van der Waals surface area contributed by atoms with E-state index in [0.717, 1.165) is 12.8 Å². The van der Waals surface area contributed by atoms with Crippen LogP contribution in [-0.2, 0) is 23.9 Å². The van der Waals surface area contributed by atoms with Crippen molar-refractivity contribution in [3.63, 3.8) is 0 Å². The largest absolute Gasteiger partial charge is 0.464 e. The van der Waals surface area contributed by atoms with E-state index in [9.17, 15) is 19.2 Å². The second-order valence-corrected chi connectivity index (χ2v) is 11.1. The molecule has 1 atom stereocenters. The van der Waals surface area contributed by atoms with E-state index in [1.54, 1.807) is 4.90 Å². The molecule has 1 amide bonds. The molecule has 2 aliphatic rings. The first-order chi connectivity index (χ1) is 16.5. The van der Waals surface area contributed by atoms with E-state index in [-0.39, 0.29) is 54.5 Å². The van der Waals surface area contributed by atoms with Crippen LogP contribution in [0.4, 0.5) is 0 Å². The molecular formula is C25H41N5O5. The van der Waals surface area contributed by atoms with Crippen molar-refractivity contribution in [2.45, 2.75) is 85.1 Å². The first-order valence-electron chi connectivity index (χ1n) is 12.7. The van der Waals surface area contributed by atoms with Gasteiger partial charge in [-0.05, 0) is 44.6 Å². The molecule has 2 rings (SSSR count). The van der Waals surface area contributed by atoms with Crippen LogP contribution in [0.25, 0.3) is 10.4 Å². The molecule has 1 aliphatic heterocycles. The molecular weight excluding hydrogens is 450 g/mol. The number of esters is 1. The number of nitrogens with zero attached hydrogens (tertiary/aromatic N) is 5. The van der Waals surface area contributed by atoms with Crippen LogP contribution in [0.5, 0.6) is 0 Å². The summed E-state index contributed by atoms with van der Waals surface area (Å²) in [4.78, 5) is 56.4. The van der Waals surface area contributed by atoms with E-state index in [4.69, 9.17) is 10.3 Å². The average molecular weight is 492 g/mol. The fourth-order valence-electron chi connectivity index (χ4n) is 3.91. The Morgan fingerprint density at radius 2 is 1.74 bits per heavy atom. The molecule has 1 aliphatic carbocycles. The van der Waals surface area contributed by atoms with Gasteiger partial charge in [-0.3, -0.25) is 24.1 Å². The normalized spacial score (nSPS) is 19.5. The van der Waals surface area contributed by atoms with E-state index in [2.05, 4.69) is 10.0 Å². The SMILES string of the molecule is CC(C)(C)C(=O)CN1CCN(C(=O)CCCC(=O)CCCCN=[N+]=[N-])CC1COC(=O)C1(C)CC1. The summed E-state index contributed by atoms with van der Waals surface area (Å²) in [6.07, 6.45) is 4.60. The lowest BCUT2D eigenvalue weighted by Gasteiger charge is -2.41. The summed E-state index contributed by atoms with van der Waals surface area (Å²) in [6.45, 7) is 9.82. The first-order valence-corrected chi connectivity index (χ1v) is 12.7. The predicted octanol–water partition coefficient (Wildman–Crippen LogP) is 3.68. The molecule has 0 spiro atoms. The van der Waals surface area contributed by atoms with Crippen molar-refractivity contribution in [3.8, 4) is 0 Å². The molecule has 10 nitrogen and oxygen atoms in total. The van der Waals surface area contributed by atoms with Crippen LogP contribution in [-0.4, -0.2) is 78.6 Å². The first kappa shape index (κ1) is 28.8. The van der Waals surface area contributed by atoms with Gasteiger partial charge in [0.05, 0.1) is 18.0 Å². The Morgan fingerprint density at radius 3 is 2.37 bits per heavy atom. The number of amides is 1. The second-order valence-electron chi connectivity index (χ2n) is 11.1. The van der Waals surface area contributed by atoms with Gasteiger partial charge in [-0.2, -0.15) is 0 Å². The number of Topliss-reactive ketones (excluding diaryl/α,β-unsaturated/α-hetero) is 2. The van der Waals surface area contributed by atoms with Gasteiger partial charge in [0.2, 0.25) is 5.91 Å². The van der Waals surface area contributed by atoms with Gasteiger partial charge >= 0.3 is 5.97 Å². The maximum absolute atomic E-state index is 12.8. The van der Waals surface area contributed by atoms with Crippen LogP contribution in [0.15, 0.2) is 5.11 Å². The zero-order valence-electron chi connectivity index (χ0n) is 21.8. The fourth-order valence-corrected chi connectivity index (χ4v) is 3.91. The van der Waals surface area contributed by atoms with Gasteiger partial charge < -0.3 is 9.64 Å². The zero-order chi connectivity index (χ0) is 26.1. The van der Waals surface area contributed by atoms with Gasteiger partial charge in [0.25, 0.3) is 0 Å². The van der Waals surface area contributed by atoms with Crippen molar-refractivity contribution in [1.29, 1.82) is 0 Å². The van der Waals surface area contributed by atoms with Gasteiger partial charge in [-0.15, -0.1) is 0 Å². The molecule has 0 N–H and O–H groups in total. The number of hydrogen-bond donors (Lipinski definition) is 0. The number of azide groups is 1. The Balaban J connectivity index is 1.84. The molecule has 1 saturated heterocycles. The number of carbonyl (C=O) groups excluding carboxylic acids is 4. The van der Waals surface area contributed by atoms with Crippen molar-refractivity contribution in [2.75, 3.05) is 39.3 Å². The fraction of sp³-hybridized carbons (Fsp3) is 0.840. The summed E-state index contributed by atoms with van der Waals surface area (Å²) in [5.41, 5.74) is 7.41. The standard InChI is InChI=1S/C25H41N5O5/c1-24(2,3)21(32)17-29-14-15-30(16-19(29)18-35-23(34)25(4)11-12-25)22(33)10-7-9-20(31)8-5-6-13-27-28-26/h19H,5-18H2,1-4H3. The summed E-state index contributed by atoms with van der Waals surface area (Å²) in [7, 11) is 0. The smallest absolute Gasteiger partial charge is 0.311 e. The molecule has 1 unspecified atom stereocenters. The molecule has 10 heteroatoms. The molecule has 0 aromatic carbocycles. The summed E-state index contributed by atoms with van der Waals surface area (Å²) in [5, 5.41) is 3.45. The third-order valence-electron chi connectivity index (χ3n) is 6.91. The number of unbranched alkanes of at least 4 members (excludes halogenated alkanes) is 1. The minimum Gasteiger partial charge on any atom is -0.464 e. The van der Waals surface area contributed by atoms with Crippen molar-refractivity contribution < 1.29 is 23.9 Å². The van der Waals surface area contributed by atoms with Gasteiger partial charge in [0, 0.05) is 55.8 Å². The lowest BCUT2D eigenvalue weighted by atomic mass is 9.90. The highest BCUT2D eigenvalue weighted by molar-refractivity contribution is 5.85. The van der Waals surface area contributed by atoms with Gasteiger partial charge in [0.15, 0.2) is 5.78 Å². The zero-order valence-corrected chi connectivity index (χ0v) is 21.8. The van der Waals surface area contributed by atoms with Gasteiger partial charge in [0.1, 0.15) is 12.4 Å². The number of piperazine rings is 1. The number of ketones is 2. The second kappa shape index (κ2) is 13.0. The Hall–Kier alpha value is -2.45. The minimum atomic E-state index is -0.467. The Labute approximate surface area is 208 Å². The molecule has 2 fully saturated rings. The quantitative estimate of drug-likeness (QED) is 0.120. The Morgan fingerprint density at radius 1 is 1.06 bits per heavy atom. The lowest BCUT2D eigenvalue weighted by Crippen LogP contribution is -2.58. The van der Waals surface area contributed by atoms with Crippen LogP contribution < -0.4 is 0 Å². The number of carbonyl (C=O) groups is 4. The van der Waals surface area contributed by atoms with Crippen molar-refractivity contribution in [2.24, 2.45) is 15.9 Å². The number of rotatable bonds is 14. The lowest BCUT2D eigenvalue weighted by molar-refractivity contribution is -0.153. The van der Waals surface area contributed by atoms with Crippen LogP contribution in [0.1, 0.15) is 79.1 Å². The Kier molecular flexibility index (Phi) is 10.7. The van der Waals surface area contributed by atoms with Crippen molar-refractivity contribution in [3.05, 3.63) is 10.4 Å². The van der Waals surface area contributed by atoms with E-state index < -0.39 is 5.41 Å². The van der Waals surface area contributed by atoms with Crippen LogP contribution in [0.2, 0.25) is 0 Å². The molecule has 196 valence electrons. The molecule has 0 aromatic rings. The average Bonchev–Trinajstić information content (AvgIpc) is 3.55. The summed E-state index contributed by atoms with van der Waals surface area (Å²) in [6, 6.07) is -0.233. The Bertz CT molecular complexity index is 827. The topological polar surface area (TPSA) is 133 Å². The summed E-state index contributed by atoms with van der Waals surface area (Å²) >= 11 is 0. The van der Waals surface area contributed by atoms with E-state index in [1.165, 1.54) is 0 Å². The summed E-state index contributed by atoms with van der Waals surface area (Å²) < 4.78 is 5.61. The van der Waals surface area contributed by atoms with E-state index in [1.807, 2.05) is 32.6 Å². The highest BCUT2D eigenvalue weighted by Gasteiger charge is 2.47. The van der Waals surface area contributed by atoms with Crippen molar-refractivity contribution in [1.82, 2.24) is 9.80 Å². The molecule has 0 aromatic heterocycles. The maximum Gasteiger partial charge on any atom is 0.311 e. The highest BCUT2D eigenvalue weighted by Crippen LogP contribution is 2.46. The summed E-state index contributed by atoms with van der Waals surface area (Å²) in [5.74, 6) is -0.00210. The predicted molar refractivity (Wildman–Crippen MR) is 131 cm³/mol. The molecule has 1 saturated carbocycles. The van der Waals surface area contributed by atoms with Crippen LogP contribution >= 0.6 is 0 Å². The maximum atomic E-state index is 12.8. The number of ether oxygens (including phenoxy) is 1. The molecule has 0 bridgehead atoms. The molecule has 35 heavy (non-hydrogen) atoms. The minimum absolute atomic E-state index is 0.0200. The van der Waals surface area contributed by atoms with Gasteiger partial charge in [-0.25, -0.2) is 0 Å². The monoisotopic (exact) mass is 491 g/mol. The molecule has 1 heterocycles. The highest BCUT2D eigenvalue weighted by atomic mass is 16.5. The van der Waals surface area contributed by atoms with Crippen LogP contribution in [0.3, 0.4) is 0 Å². The van der Waals surface area contributed by atoms with E-state index in [0.29, 0.717) is 58.3 Å². The van der Waals surface area contributed by atoms with Crippen LogP contribution in [0, 0.1) is 10.8 Å². The molecule has 0 radical (unpaired) electrons. The van der Waals surface area contributed by atoms with Crippen molar-refractivity contribution >= 4 is 23.4 Å². The number of hydrogen-bond acceptors (Lipinski definition) is 7.